The second kappa shape index (κ2) is 6.36. The minimum Gasteiger partial charge on any atom is -0.464 e. The maximum absolute atomic E-state index is 11.6. The zero-order chi connectivity index (χ0) is 13.0. The lowest BCUT2D eigenvalue weighted by Gasteiger charge is -2.21. The summed E-state index contributed by atoms with van der Waals surface area (Å²) in [6.45, 7) is 0.792. The number of aromatic nitrogens is 2. The average molecular weight is 315 g/mol. The first-order valence-electron chi connectivity index (χ1n) is 6.52. The lowest BCUT2D eigenvalue weighted by atomic mass is 9.87. The Morgan fingerprint density at radius 3 is 2.89 bits per heavy atom. The Balaban J connectivity index is 1.97. The summed E-state index contributed by atoms with van der Waals surface area (Å²) in [5.41, 5.74) is 0.528. The van der Waals surface area contributed by atoms with Gasteiger partial charge in [0.15, 0.2) is 0 Å². The van der Waals surface area contributed by atoms with Gasteiger partial charge in [-0.1, -0.05) is 32.1 Å². The molecule has 1 saturated carbocycles. The van der Waals surface area contributed by atoms with Gasteiger partial charge < -0.3 is 4.74 Å². The average Bonchev–Trinajstić information content (AvgIpc) is 2.78. The minimum atomic E-state index is -0.322. The standard InChI is InChI=1S/C13H19BrN2O2/c1-18-13(17)11-9-12(14)15-16(11)8-7-10-5-3-2-4-6-10/h9-10H,2-8H2,1H3. The molecule has 5 heteroatoms. The Labute approximate surface area is 116 Å². The molecule has 1 aromatic rings. The van der Waals surface area contributed by atoms with Crippen molar-refractivity contribution in [2.75, 3.05) is 7.11 Å². The van der Waals surface area contributed by atoms with Gasteiger partial charge >= 0.3 is 5.97 Å². The highest BCUT2D eigenvalue weighted by Crippen LogP contribution is 2.27. The topological polar surface area (TPSA) is 44.1 Å². The zero-order valence-corrected chi connectivity index (χ0v) is 12.3. The molecule has 0 unspecified atom stereocenters. The highest BCUT2D eigenvalue weighted by Gasteiger charge is 2.17. The Hall–Kier alpha value is -0.840. The first-order valence-corrected chi connectivity index (χ1v) is 7.31. The Morgan fingerprint density at radius 1 is 1.50 bits per heavy atom. The largest absolute Gasteiger partial charge is 0.464 e. The van der Waals surface area contributed by atoms with Crippen molar-refractivity contribution in [1.82, 2.24) is 9.78 Å². The number of rotatable bonds is 4. The quantitative estimate of drug-likeness (QED) is 0.800. The van der Waals surface area contributed by atoms with Gasteiger partial charge in [0.25, 0.3) is 0 Å². The third kappa shape index (κ3) is 3.34. The van der Waals surface area contributed by atoms with Gasteiger partial charge in [-0.25, -0.2) is 4.79 Å². The van der Waals surface area contributed by atoms with Crippen molar-refractivity contribution >= 4 is 21.9 Å². The fourth-order valence-electron chi connectivity index (χ4n) is 2.61. The Morgan fingerprint density at radius 2 is 2.22 bits per heavy atom. The number of methoxy groups -OCH3 is 1. The Kier molecular flexibility index (Phi) is 4.80. The van der Waals surface area contributed by atoms with Crippen molar-refractivity contribution in [3.8, 4) is 0 Å². The van der Waals surface area contributed by atoms with Crippen molar-refractivity contribution in [2.24, 2.45) is 5.92 Å². The predicted molar refractivity (Wildman–Crippen MR) is 72.5 cm³/mol. The molecule has 2 rings (SSSR count). The van der Waals surface area contributed by atoms with Gasteiger partial charge in [-0.05, 0) is 28.3 Å². The number of carbonyl (C=O) groups is 1. The molecule has 1 fully saturated rings. The van der Waals surface area contributed by atoms with Crippen LogP contribution in [0.4, 0.5) is 0 Å². The van der Waals surface area contributed by atoms with Gasteiger partial charge in [-0.15, -0.1) is 0 Å². The number of ether oxygens (including phenoxy) is 1. The van der Waals surface area contributed by atoms with E-state index in [0.29, 0.717) is 10.3 Å². The molecular formula is C13H19BrN2O2. The molecular weight excluding hydrogens is 296 g/mol. The first kappa shape index (κ1) is 13.6. The van der Waals surface area contributed by atoms with E-state index in [-0.39, 0.29) is 5.97 Å². The molecule has 0 saturated heterocycles. The van der Waals surface area contributed by atoms with Crippen LogP contribution in [0.15, 0.2) is 10.7 Å². The summed E-state index contributed by atoms with van der Waals surface area (Å²) >= 11 is 3.31. The second-order valence-electron chi connectivity index (χ2n) is 4.86. The third-order valence-corrected chi connectivity index (χ3v) is 4.01. The highest BCUT2D eigenvalue weighted by molar-refractivity contribution is 9.10. The summed E-state index contributed by atoms with van der Waals surface area (Å²) in [6.07, 6.45) is 7.79. The molecule has 0 bridgehead atoms. The molecule has 0 N–H and O–H groups in total. The van der Waals surface area contributed by atoms with E-state index in [9.17, 15) is 4.79 Å². The van der Waals surface area contributed by atoms with E-state index in [2.05, 4.69) is 21.0 Å². The monoisotopic (exact) mass is 314 g/mol. The fourth-order valence-corrected chi connectivity index (χ4v) is 3.01. The van der Waals surface area contributed by atoms with Crippen LogP contribution in [0.5, 0.6) is 0 Å². The van der Waals surface area contributed by atoms with Gasteiger partial charge in [0.1, 0.15) is 10.3 Å². The van der Waals surface area contributed by atoms with Crippen molar-refractivity contribution in [2.45, 2.75) is 45.1 Å². The first-order chi connectivity index (χ1) is 8.70. The smallest absolute Gasteiger partial charge is 0.356 e. The van der Waals surface area contributed by atoms with Crippen LogP contribution in [0.3, 0.4) is 0 Å². The third-order valence-electron chi connectivity index (χ3n) is 3.62. The molecule has 0 spiro atoms. The molecule has 1 aromatic heterocycles. The van der Waals surface area contributed by atoms with Gasteiger partial charge in [-0.3, -0.25) is 4.68 Å². The van der Waals surface area contributed by atoms with Crippen molar-refractivity contribution in [1.29, 1.82) is 0 Å². The van der Waals surface area contributed by atoms with Crippen LogP contribution < -0.4 is 0 Å². The van der Waals surface area contributed by atoms with Crippen molar-refractivity contribution in [3.05, 3.63) is 16.4 Å². The molecule has 0 aliphatic heterocycles. The molecule has 4 nitrogen and oxygen atoms in total. The van der Waals surface area contributed by atoms with E-state index in [1.807, 2.05) is 0 Å². The van der Waals surface area contributed by atoms with Crippen LogP contribution in [-0.4, -0.2) is 22.9 Å². The SMILES string of the molecule is COC(=O)c1cc(Br)nn1CCC1CCCCC1. The summed E-state index contributed by atoms with van der Waals surface area (Å²) in [6, 6.07) is 1.71. The summed E-state index contributed by atoms with van der Waals surface area (Å²) < 4.78 is 7.20. The molecule has 100 valence electrons. The zero-order valence-electron chi connectivity index (χ0n) is 10.7. The van der Waals surface area contributed by atoms with E-state index in [4.69, 9.17) is 4.74 Å². The van der Waals surface area contributed by atoms with E-state index < -0.39 is 0 Å². The van der Waals surface area contributed by atoms with Gasteiger partial charge in [-0.2, -0.15) is 5.10 Å². The van der Waals surface area contributed by atoms with Crippen molar-refractivity contribution < 1.29 is 9.53 Å². The molecule has 0 amide bonds. The lowest BCUT2D eigenvalue weighted by Crippen LogP contribution is -2.15. The van der Waals surface area contributed by atoms with Crippen LogP contribution in [0.25, 0.3) is 0 Å². The maximum atomic E-state index is 11.6. The molecule has 0 radical (unpaired) electrons. The summed E-state index contributed by atoms with van der Waals surface area (Å²) in [5, 5.41) is 4.30. The minimum absolute atomic E-state index is 0.322. The van der Waals surface area contributed by atoms with Crippen LogP contribution in [0.1, 0.15) is 49.0 Å². The number of nitrogens with zero attached hydrogens (tertiary/aromatic N) is 2. The normalized spacial score (nSPS) is 16.8. The van der Waals surface area contributed by atoms with Crippen LogP contribution in [-0.2, 0) is 11.3 Å². The van der Waals surface area contributed by atoms with Crippen LogP contribution in [0.2, 0.25) is 0 Å². The van der Waals surface area contributed by atoms with Gasteiger partial charge in [0.2, 0.25) is 0 Å². The summed E-state index contributed by atoms with van der Waals surface area (Å²) in [4.78, 5) is 11.6. The Bertz CT molecular complexity index is 411. The molecule has 18 heavy (non-hydrogen) atoms. The fraction of sp³-hybridized carbons (Fsp3) is 0.692. The summed E-state index contributed by atoms with van der Waals surface area (Å²) in [5.74, 6) is 0.462. The number of hydrogen-bond donors (Lipinski definition) is 0. The second-order valence-corrected chi connectivity index (χ2v) is 5.67. The predicted octanol–water partition coefficient (Wildman–Crippen LogP) is 3.40. The molecule has 1 heterocycles. The number of carbonyl (C=O) groups excluding carboxylic acids is 1. The van der Waals surface area contributed by atoms with Crippen LogP contribution in [0, 0.1) is 5.92 Å². The van der Waals surface area contributed by atoms with E-state index in [0.717, 1.165) is 18.9 Å². The van der Waals surface area contributed by atoms with E-state index >= 15 is 0 Å². The maximum Gasteiger partial charge on any atom is 0.356 e. The summed E-state index contributed by atoms with van der Waals surface area (Å²) in [7, 11) is 1.40. The number of esters is 1. The van der Waals surface area contributed by atoms with Crippen molar-refractivity contribution in [3.63, 3.8) is 0 Å². The number of aryl methyl sites for hydroxylation is 1. The van der Waals surface area contributed by atoms with Gasteiger partial charge in [0, 0.05) is 12.6 Å². The molecule has 1 aliphatic rings. The van der Waals surface area contributed by atoms with E-state index in [1.165, 1.54) is 39.2 Å². The van der Waals surface area contributed by atoms with E-state index in [1.54, 1.807) is 10.7 Å². The van der Waals surface area contributed by atoms with Gasteiger partial charge in [0.05, 0.1) is 7.11 Å². The molecule has 1 aliphatic carbocycles. The number of hydrogen-bond acceptors (Lipinski definition) is 3. The van der Waals surface area contributed by atoms with Crippen LogP contribution >= 0.6 is 15.9 Å². The highest BCUT2D eigenvalue weighted by atomic mass is 79.9. The lowest BCUT2D eigenvalue weighted by molar-refractivity contribution is 0.0585. The molecule has 0 atom stereocenters. The number of halogens is 1. The molecule has 0 aromatic carbocycles.